The molecular weight excluding hydrogens is 374 g/mol. The minimum Gasteiger partial charge on any atom is -0.461 e. The molecule has 0 aliphatic heterocycles. The van der Waals surface area contributed by atoms with Crippen LogP contribution in [0.25, 0.3) is 11.5 Å². The topological polar surface area (TPSA) is 115 Å². The first kappa shape index (κ1) is 18.2. The highest BCUT2D eigenvalue weighted by Gasteiger charge is 2.20. The molecule has 9 nitrogen and oxygen atoms in total. The van der Waals surface area contributed by atoms with E-state index in [1.807, 2.05) is 0 Å². The molecule has 0 aliphatic carbocycles. The Hall–Kier alpha value is -4.14. The summed E-state index contributed by atoms with van der Waals surface area (Å²) in [5.41, 5.74) is 1.13. The molecule has 0 spiro atoms. The standard InChI is InChI=1S/C20H17N5O4/c1-13(25-9-4-8-22-25)19(26)23-14-5-2-6-15(11-14)24-20(27)17-18(29-12-21-17)16-7-3-10-28-16/h2-13H,1H3,(H,23,26)(H,24,27). The predicted octanol–water partition coefficient (Wildman–Crippen LogP) is 3.58. The number of nitrogens with zero attached hydrogens (tertiary/aromatic N) is 3. The van der Waals surface area contributed by atoms with Crippen molar-refractivity contribution < 1.29 is 18.4 Å². The van der Waals surface area contributed by atoms with Gasteiger partial charge in [0.25, 0.3) is 5.91 Å². The van der Waals surface area contributed by atoms with Crippen molar-refractivity contribution in [1.82, 2.24) is 14.8 Å². The Morgan fingerprint density at radius 2 is 1.90 bits per heavy atom. The Morgan fingerprint density at radius 3 is 2.62 bits per heavy atom. The smallest absolute Gasteiger partial charge is 0.278 e. The summed E-state index contributed by atoms with van der Waals surface area (Å²) in [6, 6.07) is 11.4. The van der Waals surface area contributed by atoms with E-state index in [-0.39, 0.29) is 17.4 Å². The Balaban J connectivity index is 1.46. The summed E-state index contributed by atoms with van der Waals surface area (Å²) in [6.07, 6.45) is 5.99. The minimum absolute atomic E-state index is 0.0988. The fourth-order valence-electron chi connectivity index (χ4n) is 2.73. The number of furan rings is 1. The van der Waals surface area contributed by atoms with Crippen molar-refractivity contribution in [2.45, 2.75) is 13.0 Å². The second-order valence-electron chi connectivity index (χ2n) is 6.19. The molecule has 1 atom stereocenters. The largest absolute Gasteiger partial charge is 0.461 e. The van der Waals surface area contributed by atoms with E-state index < -0.39 is 11.9 Å². The number of aromatic nitrogens is 3. The van der Waals surface area contributed by atoms with Crippen LogP contribution in [0, 0.1) is 0 Å². The summed E-state index contributed by atoms with van der Waals surface area (Å²) in [7, 11) is 0. The van der Waals surface area contributed by atoms with E-state index in [9.17, 15) is 9.59 Å². The zero-order valence-corrected chi connectivity index (χ0v) is 15.4. The molecule has 0 aliphatic rings. The van der Waals surface area contributed by atoms with E-state index in [0.29, 0.717) is 17.1 Å². The number of anilines is 2. The van der Waals surface area contributed by atoms with Crippen LogP contribution in [-0.2, 0) is 4.79 Å². The van der Waals surface area contributed by atoms with Gasteiger partial charge in [0.05, 0.1) is 6.26 Å². The van der Waals surface area contributed by atoms with Crippen molar-refractivity contribution in [3.8, 4) is 11.5 Å². The van der Waals surface area contributed by atoms with Gasteiger partial charge in [0.2, 0.25) is 11.7 Å². The Bertz CT molecular complexity index is 1120. The van der Waals surface area contributed by atoms with Crippen molar-refractivity contribution in [1.29, 1.82) is 0 Å². The van der Waals surface area contributed by atoms with E-state index in [1.54, 1.807) is 66.5 Å². The Kier molecular flexibility index (Phi) is 4.93. The van der Waals surface area contributed by atoms with E-state index >= 15 is 0 Å². The minimum atomic E-state index is -0.478. The number of rotatable bonds is 6. The van der Waals surface area contributed by atoms with Gasteiger partial charge in [-0.05, 0) is 43.3 Å². The lowest BCUT2D eigenvalue weighted by Crippen LogP contribution is -2.24. The number of amides is 2. The first-order valence-corrected chi connectivity index (χ1v) is 8.80. The molecule has 0 radical (unpaired) electrons. The quantitative estimate of drug-likeness (QED) is 0.519. The van der Waals surface area contributed by atoms with Crippen molar-refractivity contribution in [3.63, 3.8) is 0 Å². The molecule has 3 heterocycles. The molecule has 146 valence electrons. The highest BCUT2D eigenvalue weighted by atomic mass is 16.4. The van der Waals surface area contributed by atoms with E-state index in [1.165, 1.54) is 12.7 Å². The number of nitrogens with one attached hydrogen (secondary N) is 2. The average molecular weight is 391 g/mol. The van der Waals surface area contributed by atoms with Crippen LogP contribution in [0.3, 0.4) is 0 Å². The zero-order valence-electron chi connectivity index (χ0n) is 15.4. The molecule has 1 unspecified atom stereocenters. The maximum atomic E-state index is 12.6. The van der Waals surface area contributed by atoms with Gasteiger partial charge in [0, 0.05) is 23.8 Å². The van der Waals surface area contributed by atoms with Gasteiger partial charge in [-0.15, -0.1) is 0 Å². The summed E-state index contributed by atoms with van der Waals surface area (Å²) in [5.74, 6) is -0.0430. The summed E-state index contributed by atoms with van der Waals surface area (Å²) < 4.78 is 12.1. The molecule has 29 heavy (non-hydrogen) atoms. The highest BCUT2D eigenvalue weighted by Crippen LogP contribution is 2.25. The van der Waals surface area contributed by atoms with Crippen molar-refractivity contribution in [2.24, 2.45) is 0 Å². The van der Waals surface area contributed by atoms with Gasteiger partial charge in [-0.2, -0.15) is 5.10 Å². The van der Waals surface area contributed by atoms with Gasteiger partial charge in [0.15, 0.2) is 17.8 Å². The van der Waals surface area contributed by atoms with Crippen molar-refractivity contribution in [2.75, 3.05) is 10.6 Å². The second kappa shape index (κ2) is 7.85. The number of carbonyl (C=O) groups is 2. The van der Waals surface area contributed by atoms with E-state index in [2.05, 4.69) is 20.7 Å². The van der Waals surface area contributed by atoms with Crippen LogP contribution in [-0.4, -0.2) is 26.6 Å². The average Bonchev–Trinajstić information content (AvgIpc) is 3.49. The number of carbonyl (C=O) groups excluding carboxylic acids is 2. The molecule has 2 amide bonds. The lowest BCUT2D eigenvalue weighted by atomic mass is 10.2. The molecule has 0 fully saturated rings. The number of hydrogen-bond acceptors (Lipinski definition) is 6. The van der Waals surface area contributed by atoms with Crippen LogP contribution >= 0.6 is 0 Å². The fourth-order valence-corrected chi connectivity index (χ4v) is 2.73. The number of oxazole rings is 1. The molecule has 2 N–H and O–H groups in total. The van der Waals surface area contributed by atoms with Crippen LogP contribution in [0.15, 0.2) is 76.3 Å². The number of benzene rings is 1. The molecule has 4 rings (SSSR count). The number of hydrogen-bond donors (Lipinski definition) is 2. The lowest BCUT2D eigenvalue weighted by Gasteiger charge is -2.13. The van der Waals surface area contributed by atoms with Crippen LogP contribution in [0.4, 0.5) is 11.4 Å². The molecule has 9 heteroatoms. The van der Waals surface area contributed by atoms with E-state index in [0.717, 1.165) is 0 Å². The van der Waals surface area contributed by atoms with Crippen LogP contribution in [0.2, 0.25) is 0 Å². The second-order valence-corrected chi connectivity index (χ2v) is 6.19. The predicted molar refractivity (Wildman–Crippen MR) is 104 cm³/mol. The Morgan fingerprint density at radius 1 is 1.07 bits per heavy atom. The Labute approximate surface area is 165 Å². The molecule has 0 bridgehead atoms. The molecular formula is C20H17N5O4. The van der Waals surface area contributed by atoms with Crippen molar-refractivity contribution in [3.05, 3.63) is 73.2 Å². The van der Waals surface area contributed by atoms with Gasteiger partial charge in [0.1, 0.15) is 6.04 Å². The molecule has 4 aromatic rings. The van der Waals surface area contributed by atoms with Gasteiger partial charge in [-0.3, -0.25) is 14.3 Å². The highest BCUT2D eigenvalue weighted by molar-refractivity contribution is 6.06. The normalized spacial score (nSPS) is 11.8. The van der Waals surface area contributed by atoms with Gasteiger partial charge >= 0.3 is 0 Å². The van der Waals surface area contributed by atoms with Crippen LogP contribution in [0.5, 0.6) is 0 Å². The van der Waals surface area contributed by atoms with E-state index in [4.69, 9.17) is 8.83 Å². The zero-order chi connectivity index (χ0) is 20.2. The molecule has 1 aromatic carbocycles. The molecule has 0 saturated carbocycles. The first-order chi connectivity index (χ1) is 14.1. The van der Waals surface area contributed by atoms with Crippen molar-refractivity contribution >= 4 is 23.2 Å². The monoisotopic (exact) mass is 391 g/mol. The third-order valence-electron chi connectivity index (χ3n) is 4.22. The van der Waals surface area contributed by atoms with Crippen LogP contribution in [0.1, 0.15) is 23.5 Å². The summed E-state index contributed by atoms with van der Waals surface area (Å²) >= 11 is 0. The third-order valence-corrected chi connectivity index (χ3v) is 4.22. The summed E-state index contributed by atoms with van der Waals surface area (Å²) in [4.78, 5) is 29.0. The lowest BCUT2D eigenvalue weighted by molar-refractivity contribution is -0.119. The van der Waals surface area contributed by atoms with Gasteiger partial charge < -0.3 is 19.5 Å². The van der Waals surface area contributed by atoms with Crippen LogP contribution < -0.4 is 10.6 Å². The fraction of sp³-hybridized carbons (Fsp3) is 0.100. The molecule has 3 aromatic heterocycles. The maximum absolute atomic E-state index is 12.6. The maximum Gasteiger partial charge on any atom is 0.278 e. The van der Waals surface area contributed by atoms with Gasteiger partial charge in [-0.1, -0.05) is 6.07 Å². The molecule has 0 saturated heterocycles. The summed E-state index contributed by atoms with van der Waals surface area (Å²) in [6.45, 7) is 1.74. The SMILES string of the molecule is CC(C(=O)Nc1cccc(NC(=O)c2ncoc2-c2ccco2)c1)n1cccn1. The van der Waals surface area contributed by atoms with Gasteiger partial charge in [-0.25, -0.2) is 4.98 Å². The summed E-state index contributed by atoms with van der Waals surface area (Å²) in [5, 5.41) is 9.63. The third kappa shape index (κ3) is 3.93. The first-order valence-electron chi connectivity index (χ1n) is 8.80.